The highest BCUT2D eigenvalue weighted by Gasteiger charge is 2.09. The molecule has 2 heterocycles. The van der Waals surface area contributed by atoms with Crippen LogP contribution < -0.4 is 5.73 Å². The first-order chi connectivity index (χ1) is 7.29. The SMILES string of the molecule is CSCc1noc(-c2cccc(N)n2)n1. The summed E-state index contributed by atoms with van der Waals surface area (Å²) in [6.07, 6.45) is 1.98. The first-order valence-electron chi connectivity index (χ1n) is 4.34. The van der Waals surface area contributed by atoms with Gasteiger partial charge in [0.25, 0.3) is 5.89 Å². The molecule has 0 saturated carbocycles. The van der Waals surface area contributed by atoms with E-state index in [1.807, 2.05) is 6.26 Å². The summed E-state index contributed by atoms with van der Waals surface area (Å²) in [7, 11) is 0. The monoisotopic (exact) mass is 222 g/mol. The Balaban J connectivity index is 2.29. The van der Waals surface area contributed by atoms with Crippen molar-refractivity contribution in [3.05, 3.63) is 24.0 Å². The van der Waals surface area contributed by atoms with Crippen molar-refractivity contribution in [2.24, 2.45) is 0 Å². The number of rotatable bonds is 3. The van der Waals surface area contributed by atoms with Crippen molar-refractivity contribution < 1.29 is 4.52 Å². The van der Waals surface area contributed by atoms with Gasteiger partial charge in [0.05, 0.1) is 5.75 Å². The Morgan fingerprint density at radius 1 is 1.40 bits per heavy atom. The largest absolute Gasteiger partial charge is 0.384 e. The predicted octanol–water partition coefficient (Wildman–Crippen LogP) is 1.58. The molecule has 0 aliphatic carbocycles. The highest BCUT2D eigenvalue weighted by atomic mass is 32.2. The molecule has 6 heteroatoms. The van der Waals surface area contributed by atoms with Gasteiger partial charge in [0, 0.05) is 0 Å². The van der Waals surface area contributed by atoms with E-state index in [0.29, 0.717) is 23.2 Å². The second-order valence-electron chi connectivity index (χ2n) is 2.90. The molecule has 78 valence electrons. The van der Waals surface area contributed by atoms with Crippen LogP contribution in [0.2, 0.25) is 0 Å². The summed E-state index contributed by atoms with van der Waals surface area (Å²) in [5, 5.41) is 3.82. The van der Waals surface area contributed by atoms with Gasteiger partial charge in [-0.3, -0.25) is 0 Å². The maximum absolute atomic E-state index is 5.56. The van der Waals surface area contributed by atoms with E-state index < -0.39 is 0 Å². The molecule has 0 unspecified atom stereocenters. The lowest BCUT2D eigenvalue weighted by molar-refractivity contribution is 0.424. The quantitative estimate of drug-likeness (QED) is 0.849. The molecule has 5 nitrogen and oxygen atoms in total. The molecule has 0 radical (unpaired) electrons. The maximum Gasteiger partial charge on any atom is 0.276 e. The molecule has 0 aliphatic heterocycles. The summed E-state index contributed by atoms with van der Waals surface area (Å²) < 4.78 is 5.07. The number of nitrogens with zero attached hydrogens (tertiary/aromatic N) is 3. The number of hydrogen-bond donors (Lipinski definition) is 1. The van der Waals surface area contributed by atoms with Crippen LogP contribution in [0.5, 0.6) is 0 Å². The number of nitrogen functional groups attached to an aromatic ring is 1. The van der Waals surface area contributed by atoms with Crippen LogP contribution in [-0.2, 0) is 5.75 Å². The van der Waals surface area contributed by atoms with Gasteiger partial charge in [-0.15, -0.1) is 0 Å². The molecule has 0 atom stereocenters. The summed E-state index contributed by atoms with van der Waals surface area (Å²) in [6.45, 7) is 0. The summed E-state index contributed by atoms with van der Waals surface area (Å²) in [5.74, 6) is 2.25. The third-order valence-electron chi connectivity index (χ3n) is 1.73. The van der Waals surface area contributed by atoms with Crippen LogP contribution in [0.4, 0.5) is 5.82 Å². The highest BCUT2D eigenvalue weighted by molar-refractivity contribution is 7.97. The molecular weight excluding hydrogens is 212 g/mol. The Morgan fingerprint density at radius 2 is 2.27 bits per heavy atom. The number of aromatic nitrogens is 3. The molecule has 2 aromatic rings. The summed E-state index contributed by atoms with van der Waals surface area (Å²) >= 11 is 1.64. The first kappa shape index (κ1) is 9.97. The van der Waals surface area contributed by atoms with Crippen LogP contribution in [0.1, 0.15) is 5.82 Å². The molecule has 15 heavy (non-hydrogen) atoms. The summed E-state index contributed by atoms with van der Waals surface area (Å²) in [4.78, 5) is 8.29. The minimum absolute atomic E-state index is 0.409. The van der Waals surface area contributed by atoms with Crippen molar-refractivity contribution in [2.45, 2.75) is 5.75 Å². The Kier molecular flexibility index (Phi) is 2.86. The number of nitrogens with two attached hydrogens (primary N) is 1. The zero-order valence-corrected chi connectivity index (χ0v) is 8.99. The van der Waals surface area contributed by atoms with E-state index in [0.717, 1.165) is 5.75 Å². The Labute approximate surface area is 91.1 Å². The molecule has 0 bridgehead atoms. The average Bonchev–Trinajstić information content (AvgIpc) is 2.67. The number of hydrogen-bond acceptors (Lipinski definition) is 6. The molecule has 2 rings (SSSR count). The van der Waals surface area contributed by atoms with Crippen LogP contribution in [0.25, 0.3) is 11.6 Å². The van der Waals surface area contributed by atoms with E-state index in [-0.39, 0.29) is 0 Å². The zero-order valence-electron chi connectivity index (χ0n) is 8.17. The van der Waals surface area contributed by atoms with Gasteiger partial charge < -0.3 is 10.3 Å². The van der Waals surface area contributed by atoms with Crippen LogP contribution in [0.15, 0.2) is 22.7 Å². The minimum atomic E-state index is 0.409. The van der Waals surface area contributed by atoms with Gasteiger partial charge in [-0.2, -0.15) is 16.7 Å². The molecule has 2 N–H and O–H groups in total. The van der Waals surface area contributed by atoms with Gasteiger partial charge >= 0.3 is 0 Å². The normalized spacial score (nSPS) is 10.5. The molecule has 0 spiro atoms. The summed E-state index contributed by atoms with van der Waals surface area (Å²) in [5.41, 5.74) is 6.16. The summed E-state index contributed by atoms with van der Waals surface area (Å²) in [6, 6.07) is 5.30. The van der Waals surface area contributed by atoms with Crippen molar-refractivity contribution in [2.75, 3.05) is 12.0 Å². The smallest absolute Gasteiger partial charge is 0.276 e. The molecule has 0 fully saturated rings. The Hall–Kier alpha value is -1.56. The standard InChI is InChI=1S/C9H10N4OS/c1-15-5-8-12-9(14-13-8)6-3-2-4-7(10)11-6/h2-4H,5H2,1H3,(H2,10,11). The average molecular weight is 222 g/mol. The maximum atomic E-state index is 5.56. The molecule has 0 aromatic carbocycles. The van der Waals surface area contributed by atoms with E-state index in [9.17, 15) is 0 Å². The van der Waals surface area contributed by atoms with Crippen LogP contribution in [0.3, 0.4) is 0 Å². The van der Waals surface area contributed by atoms with Crippen LogP contribution in [-0.4, -0.2) is 21.4 Å². The fraction of sp³-hybridized carbons (Fsp3) is 0.222. The van der Waals surface area contributed by atoms with E-state index >= 15 is 0 Å². The van der Waals surface area contributed by atoms with Gasteiger partial charge in [0.1, 0.15) is 11.5 Å². The van der Waals surface area contributed by atoms with Crippen molar-refractivity contribution in [3.8, 4) is 11.6 Å². The highest BCUT2D eigenvalue weighted by Crippen LogP contribution is 2.16. The third kappa shape index (κ3) is 2.27. The van der Waals surface area contributed by atoms with Crippen molar-refractivity contribution >= 4 is 17.6 Å². The van der Waals surface area contributed by atoms with E-state index in [1.54, 1.807) is 30.0 Å². The predicted molar refractivity (Wildman–Crippen MR) is 59.2 cm³/mol. The second-order valence-corrected chi connectivity index (χ2v) is 3.76. The lowest BCUT2D eigenvalue weighted by Gasteiger charge is -1.93. The Morgan fingerprint density at radius 3 is 3.00 bits per heavy atom. The number of thioether (sulfide) groups is 1. The lowest BCUT2D eigenvalue weighted by Crippen LogP contribution is -1.91. The molecule has 0 aliphatic rings. The number of anilines is 1. The molecule has 0 amide bonds. The fourth-order valence-corrected chi connectivity index (χ4v) is 1.49. The number of pyridine rings is 1. The lowest BCUT2D eigenvalue weighted by atomic mass is 10.3. The Bertz CT molecular complexity index is 457. The van der Waals surface area contributed by atoms with Gasteiger partial charge in [-0.05, 0) is 18.4 Å². The molecule has 2 aromatic heterocycles. The minimum Gasteiger partial charge on any atom is -0.384 e. The third-order valence-corrected chi connectivity index (χ3v) is 2.28. The second kappa shape index (κ2) is 4.31. The van der Waals surface area contributed by atoms with Gasteiger partial charge in [0.15, 0.2) is 5.82 Å². The van der Waals surface area contributed by atoms with Gasteiger partial charge in [-0.1, -0.05) is 11.2 Å². The van der Waals surface area contributed by atoms with Crippen LogP contribution >= 0.6 is 11.8 Å². The van der Waals surface area contributed by atoms with Gasteiger partial charge in [-0.25, -0.2) is 4.98 Å². The van der Waals surface area contributed by atoms with Gasteiger partial charge in [0.2, 0.25) is 0 Å². The van der Waals surface area contributed by atoms with Crippen molar-refractivity contribution in [1.29, 1.82) is 0 Å². The van der Waals surface area contributed by atoms with E-state index in [1.165, 1.54) is 0 Å². The molecule has 0 saturated heterocycles. The first-order valence-corrected chi connectivity index (χ1v) is 5.73. The fourth-order valence-electron chi connectivity index (χ4n) is 1.12. The van der Waals surface area contributed by atoms with Crippen molar-refractivity contribution in [1.82, 2.24) is 15.1 Å². The van der Waals surface area contributed by atoms with Crippen molar-refractivity contribution in [3.63, 3.8) is 0 Å². The van der Waals surface area contributed by atoms with E-state index in [4.69, 9.17) is 10.3 Å². The van der Waals surface area contributed by atoms with E-state index in [2.05, 4.69) is 15.1 Å². The topological polar surface area (TPSA) is 77.8 Å². The molecular formula is C9H10N4OS. The zero-order chi connectivity index (χ0) is 10.7. The van der Waals surface area contributed by atoms with Crippen LogP contribution in [0, 0.1) is 0 Å².